The molecule has 15 aromatic rings. The van der Waals surface area contributed by atoms with E-state index in [-0.39, 0.29) is 7.43 Å². The van der Waals surface area contributed by atoms with Crippen molar-refractivity contribution in [3.8, 4) is 33.8 Å². The Morgan fingerprint density at radius 3 is 1.11 bits per heavy atom. The van der Waals surface area contributed by atoms with Crippen LogP contribution < -0.4 is 0 Å². The van der Waals surface area contributed by atoms with Gasteiger partial charge in [0.1, 0.15) is 0 Å². The van der Waals surface area contributed by atoms with E-state index in [1.54, 1.807) is 0 Å². The summed E-state index contributed by atoms with van der Waals surface area (Å²) in [5.74, 6) is 0.624. The van der Waals surface area contributed by atoms with E-state index in [0.29, 0.717) is 11.8 Å². The maximum atomic E-state index is 4.34. The summed E-state index contributed by atoms with van der Waals surface area (Å²) < 4.78 is 0. The van der Waals surface area contributed by atoms with Gasteiger partial charge in [-0.25, -0.2) is 0 Å². The highest BCUT2D eigenvalue weighted by Gasteiger charge is 2.16. The van der Waals surface area contributed by atoms with E-state index in [0.717, 1.165) is 44.8 Å². The smallest absolute Gasteiger partial charge is 0.0464 e. The van der Waals surface area contributed by atoms with Crippen molar-refractivity contribution in [2.24, 2.45) is 0 Å². The quantitative estimate of drug-likeness (QED) is 0.0831. The first kappa shape index (κ1) is 49.8. The van der Waals surface area contributed by atoms with Gasteiger partial charge in [-0.05, 0) is 158 Å². The van der Waals surface area contributed by atoms with E-state index in [4.69, 9.17) is 0 Å². The van der Waals surface area contributed by atoms with Crippen LogP contribution in [-0.2, 0) is 0 Å². The lowest BCUT2D eigenvalue weighted by molar-refractivity contribution is 0.888. The van der Waals surface area contributed by atoms with Crippen molar-refractivity contribution in [1.29, 1.82) is 0 Å². The van der Waals surface area contributed by atoms with E-state index in [2.05, 4.69) is 299 Å². The normalized spacial score (nSPS) is 12.0. The van der Waals surface area contributed by atoms with Crippen LogP contribution in [0.5, 0.6) is 0 Å². The van der Waals surface area contributed by atoms with Crippen LogP contribution in [0.2, 0.25) is 0 Å². The lowest BCUT2D eigenvalue weighted by atomic mass is 9.95. The van der Waals surface area contributed by atoms with E-state index in [1.165, 1.54) is 93.6 Å². The average Bonchev–Trinajstić information content (AvgIpc) is 4.45. The highest BCUT2D eigenvalue weighted by Crippen LogP contribution is 2.34. The summed E-state index contributed by atoms with van der Waals surface area (Å²) in [5, 5.41) is 7.45. The van der Waals surface area contributed by atoms with Gasteiger partial charge in [-0.1, -0.05) is 180 Å². The number of aromatic amines is 6. The van der Waals surface area contributed by atoms with Crippen molar-refractivity contribution >= 4 is 71.0 Å². The van der Waals surface area contributed by atoms with Crippen LogP contribution in [0.1, 0.15) is 66.8 Å². The number of para-hydroxylation sites is 5. The molecule has 0 saturated heterocycles. The molecule has 0 aliphatic rings. The molecular weight excluding hydrogens is 961 g/mol. The van der Waals surface area contributed by atoms with Gasteiger partial charge in [0.05, 0.1) is 0 Å². The van der Waals surface area contributed by atoms with Crippen molar-refractivity contribution in [3.05, 3.63) is 295 Å². The van der Waals surface area contributed by atoms with Crippen LogP contribution in [0.4, 0.5) is 0 Å². The molecule has 0 fully saturated rings. The Balaban J connectivity index is 0.000000118. The van der Waals surface area contributed by atoms with E-state index in [9.17, 15) is 0 Å². The van der Waals surface area contributed by atoms with Crippen molar-refractivity contribution in [3.63, 3.8) is 0 Å². The molecule has 2 atom stereocenters. The standard InChI is InChI=1S/2C24H20N2.C24H18N2.CH4/c2*1-16(23-14-19-7-2-4-11-21(19)25-23)17-9-6-10-18(13-17)24-15-20-8-3-5-12-22(20)26-24;1-16(18-9-10-22-21(14-18)11-12-25-22)17-6-4-7-19(13-17)24-15-20-5-2-3-8-23(20)26-24;/h2*2-16,25-26H,1H3;2-15,25-26H,1H2;1H4. The second-order valence-corrected chi connectivity index (χ2v) is 20.5. The molecule has 2 unspecified atom stereocenters. The summed E-state index contributed by atoms with van der Waals surface area (Å²) >= 11 is 0. The molecule has 6 N–H and O–H groups in total. The number of H-pyrrole nitrogens is 6. The largest absolute Gasteiger partial charge is 0.361 e. The number of rotatable bonds is 9. The highest BCUT2D eigenvalue weighted by atomic mass is 14.7. The van der Waals surface area contributed by atoms with E-state index >= 15 is 0 Å². The molecule has 0 spiro atoms. The summed E-state index contributed by atoms with van der Waals surface area (Å²) in [7, 11) is 0. The Bertz CT molecular complexity index is 4240. The van der Waals surface area contributed by atoms with Gasteiger partial charge in [-0.15, -0.1) is 0 Å². The van der Waals surface area contributed by atoms with E-state index < -0.39 is 0 Å². The molecule has 6 aromatic heterocycles. The Hall–Kier alpha value is -10.0. The molecular formula is C73H62N6. The Kier molecular flexibility index (Phi) is 13.6. The minimum atomic E-state index is 0. The van der Waals surface area contributed by atoms with Crippen LogP contribution in [0.15, 0.2) is 261 Å². The maximum absolute atomic E-state index is 4.34. The SMILES string of the molecule is C.C=C(c1cccc(-c2cc3ccccc3[nH]2)c1)c1ccc2[nH]ccc2c1.CC(c1cccc(-c2cc3ccccc3[nH]2)c1)c1cc2ccccc2[nH]1.CC(c1cccc(-c2cc3ccccc3[nH]2)c1)c1cc2ccccc2[nH]1. The highest BCUT2D eigenvalue weighted by molar-refractivity contribution is 5.91. The fraction of sp³-hybridized carbons (Fsp3) is 0.0685. The first-order valence-corrected chi connectivity index (χ1v) is 26.8. The summed E-state index contributed by atoms with van der Waals surface area (Å²) in [5.41, 5.74) is 22.6. The number of nitrogens with one attached hydrogen (secondary N) is 6. The van der Waals surface area contributed by atoms with Crippen LogP contribution in [0.3, 0.4) is 0 Å². The lowest BCUT2D eigenvalue weighted by Crippen LogP contribution is -1.96. The van der Waals surface area contributed by atoms with Crippen LogP contribution in [0, 0.1) is 0 Å². The van der Waals surface area contributed by atoms with Crippen molar-refractivity contribution in [2.75, 3.05) is 0 Å². The van der Waals surface area contributed by atoms with Gasteiger partial charge >= 0.3 is 0 Å². The molecule has 384 valence electrons. The molecule has 0 radical (unpaired) electrons. The van der Waals surface area contributed by atoms with Gasteiger partial charge in [0, 0.05) is 95.8 Å². The fourth-order valence-corrected chi connectivity index (χ4v) is 10.9. The van der Waals surface area contributed by atoms with Crippen LogP contribution >= 0.6 is 0 Å². The Morgan fingerprint density at radius 1 is 0.316 bits per heavy atom. The first-order valence-electron chi connectivity index (χ1n) is 26.8. The molecule has 0 aliphatic heterocycles. The molecule has 15 rings (SSSR count). The molecule has 0 aliphatic carbocycles. The number of fused-ring (bicyclic) bond motifs is 6. The number of hydrogen-bond donors (Lipinski definition) is 6. The molecule has 0 amide bonds. The second-order valence-electron chi connectivity index (χ2n) is 20.5. The molecule has 6 heterocycles. The van der Waals surface area contributed by atoms with Crippen molar-refractivity contribution in [2.45, 2.75) is 33.1 Å². The number of hydrogen-bond acceptors (Lipinski definition) is 0. The Labute approximate surface area is 460 Å². The van der Waals surface area contributed by atoms with Gasteiger partial charge in [0.2, 0.25) is 0 Å². The first-order chi connectivity index (χ1) is 38.3. The van der Waals surface area contributed by atoms with Crippen LogP contribution in [-0.4, -0.2) is 29.9 Å². The Morgan fingerprint density at radius 2 is 0.684 bits per heavy atom. The van der Waals surface area contributed by atoms with Crippen molar-refractivity contribution in [1.82, 2.24) is 29.9 Å². The average molecular weight is 1020 g/mol. The zero-order chi connectivity index (χ0) is 52.5. The predicted octanol–water partition coefficient (Wildman–Crippen LogP) is 19.9. The zero-order valence-electron chi connectivity index (χ0n) is 43.6. The van der Waals surface area contributed by atoms with Crippen LogP contribution in [0.25, 0.3) is 105 Å². The third kappa shape index (κ3) is 10.2. The summed E-state index contributed by atoms with van der Waals surface area (Å²) in [6.45, 7) is 8.86. The predicted molar refractivity (Wildman–Crippen MR) is 336 cm³/mol. The van der Waals surface area contributed by atoms with Crippen molar-refractivity contribution < 1.29 is 0 Å². The van der Waals surface area contributed by atoms with Gasteiger partial charge in [0.15, 0.2) is 0 Å². The molecule has 79 heavy (non-hydrogen) atoms. The summed E-state index contributed by atoms with van der Waals surface area (Å²) in [6, 6.07) is 87.9. The summed E-state index contributed by atoms with van der Waals surface area (Å²) in [4.78, 5) is 20.9. The lowest BCUT2D eigenvalue weighted by Gasteiger charge is -2.11. The monoisotopic (exact) mass is 1020 g/mol. The summed E-state index contributed by atoms with van der Waals surface area (Å²) in [6.07, 6.45) is 1.97. The maximum Gasteiger partial charge on any atom is 0.0464 e. The fourth-order valence-electron chi connectivity index (χ4n) is 10.9. The number of benzene rings is 9. The molecule has 0 bridgehead atoms. The zero-order valence-corrected chi connectivity index (χ0v) is 43.6. The van der Waals surface area contributed by atoms with Gasteiger partial charge in [0.25, 0.3) is 0 Å². The number of aromatic nitrogens is 6. The van der Waals surface area contributed by atoms with Gasteiger partial charge in [-0.3, -0.25) is 0 Å². The molecule has 0 saturated carbocycles. The third-order valence-electron chi connectivity index (χ3n) is 15.4. The van der Waals surface area contributed by atoms with Gasteiger partial charge < -0.3 is 29.9 Å². The molecule has 6 nitrogen and oxygen atoms in total. The second kappa shape index (κ2) is 21.5. The topological polar surface area (TPSA) is 94.7 Å². The minimum Gasteiger partial charge on any atom is -0.361 e. The van der Waals surface area contributed by atoms with E-state index in [1.807, 2.05) is 6.20 Å². The minimum absolute atomic E-state index is 0. The third-order valence-corrected chi connectivity index (χ3v) is 15.4. The van der Waals surface area contributed by atoms with Gasteiger partial charge in [-0.2, -0.15) is 0 Å². The molecule has 6 heteroatoms. The molecule has 9 aromatic carbocycles.